The molecule has 1 heterocycles. The van der Waals surface area contributed by atoms with Gasteiger partial charge in [0.15, 0.2) is 0 Å². The number of para-hydroxylation sites is 1. The van der Waals surface area contributed by atoms with Crippen molar-refractivity contribution >= 4 is 16.8 Å². The van der Waals surface area contributed by atoms with Crippen LogP contribution in [0.1, 0.15) is 11.1 Å². The molecule has 152 valence electrons. The Kier molecular flexibility index (Phi) is 6.39. The SMILES string of the molecule is Cc1cccc2c(=O)n(CC(=O)N(CCN(C)C)Cc3ccccc3F)cnc12. The van der Waals surface area contributed by atoms with Crippen LogP contribution in [0.5, 0.6) is 0 Å². The Bertz CT molecular complexity index is 1080. The number of rotatable bonds is 7. The third-order valence-corrected chi connectivity index (χ3v) is 4.85. The van der Waals surface area contributed by atoms with Crippen LogP contribution in [0.25, 0.3) is 10.9 Å². The second kappa shape index (κ2) is 8.96. The van der Waals surface area contributed by atoms with Gasteiger partial charge in [-0.25, -0.2) is 9.37 Å². The first-order valence-electron chi connectivity index (χ1n) is 9.47. The van der Waals surface area contributed by atoms with E-state index in [2.05, 4.69) is 4.98 Å². The minimum absolute atomic E-state index is 0.141. The molecule has 6 nitrogen and oxygen atoms in total. The predicted molar refractivity (Wildman–Crippen MR) is 111 cm³/mol. The molecule has 0 bridgehead atoms. The van der Waals surface area contributed by atoms with Gasteiger partial charge in [-0.2, -0.15) is 0 Å². The highest BCUT2D eigenvalue weighted by Crippen LogP contribution is 2.13. The van der Waals surface area contributed by atoms with E-state index < -0.39 is 0 Å². The maximum Gasteiger partial charge on any atom is 0.261 e. The van der Waals surface area contributed by atoms with Gasteiger partial charge in [0.05, 0.1) is 17.2 Å². The molecule has 0 spiro atoms. The van der Waals surface area contributed by atoms with Gasteiger partial charge in [-0.05, 0) is 38.7 Å². The van der Waals surface area contributed by atoms with Crippen molar-refractivity contribution in [2.45, 2.75) is 20.0 Å². The van der Waals surface area contributed by atoms with Crippen molar-refractivity contribution in [3.8, 4) is 0 Å². The number of fused-ring (bicyclic) bond motifs is 1. The zero-order valence-corrected chi connectivity index (χ0v) is 16.9. The van der Waals surface area contributed by atoms with Gasteiger partial charge in [-0.3, -0.25) is 14.2 Å². The zero-order chi connectivity index (χ0) is 21.0. The molecule has 0 saturated heterocycles. The molecule has 0 aliphatic carbocycles. The monoisotopic (exact) mass is 396 g/mol. The molecule has 1 aromatic heterocycles. The van der Waals surface area contributed by atoms with Crippen molar-refractivity contribution in [2.75, 3.05) is 27.2 Å². The molecule has 2 aromatic carbocycles. The van der Waals surface area contributed by atoms with Crippen molar-refractivity contribution in [2.24, 2.45) is 0 Å². The summed E-state index contributed by atoms with van der Waals surface area (Å²) in [5, 5.41) is 0.481. The summed E-state index contributed by atoms with van der Waals surface area (Å²) in [6.45, 7) is 2.95. The maximum atomic E-state index is 14.1. The van der Waals surface area contributed by atoms with Crippen molar-refractivity contribution < 1.29 is 9.18 Å². The fraction of sp³-hybridized carbons (Fsp3) is 0.318. The Labute approximate surface area is 169 Å². The number of hydrogen-bond donors (Lipinski definition) is 0. The summed E-state index contributed by atoms with van der Waals surface area (Å²) in [4.78, 5) is 33.7. The molecule has 1 amide bonds. The number of aryl methyl sites for hydroxylation is 1. The summed E-state index contributed by atoms with van der Waals surface area (Å²) in [6.07, 6.45) is 1.41. The fourth-order valence-corrected chi connectivity index (χ4v) is 3.14. The molecule has 3 aromatic rings. The van der Waals surface area contributed by atoms with Gasteiger partial charge in [0.1, 0.15) is 12.4 Å². The summed E-state index contributed by atoms with van der Waals surface area (Å²) < 4.78 is 15.4. The minimum Gasteiger partial charge on any atom is -0.335 e. The zero-order valence-electron chi connectivity index (χ0n) is 16.9. The van der Waals surface area contributed by atoms with E-state index in [0.717, 1.165) is 5.56 Å². The minimum atomic E-state index is -0.352. The van der Waals surface area contributed by atoms with E-state index >= 15 is 0 Å². The number of amides is 1. The van der Waals surface area contributed by atoms with E-state index in [4.69, 9.17) is 0 Å². The van der Waals surface area contributed by atoms with Gasteiger partial charge >= 0.3 is 0 Å². The summed E-state index contributed by atoms with van der Waals surface area (Å²) in [6, 6.07) is 11.8. The maximum absolute atomic E-state index is 14.1. The molecule has 0 aliphatic heterocycles. The molecular formula is C22H25FN4O2. The highest BCUT2D eigenvalue weighted by atomic mass is 19.1. The molecule has 0 fully saturated rings. The van der Waals surface area contributed by atoms with E-state index in [1.807, 2.05) is 32.0 Å². The first-order valence-corrected chi connectivity index (χ1v) is 9.47. The number of carbonyl (C=O) groups excluding carboxylic acids is 1. The number of hydrogen-bond acceptors (Lipinski definition) is 4. The number of likely N-dealkylation sites (N-methyl/N-ethyl adjacent to an activating group) is 1. The van der Waals surface area contributed by atoms with Crippen LogP contribution in [0.4, 0.5) is 4.39 Å². The second-order valence-corrected chi connectivity index (χ2v) is 7.36. The highest BCUT2D eigenvalue weighted by Gasteiger charge is 2.18. The Morgan fingerprint density at radius 3 is 2.59 bits per heavy atom. The van der Waals surface area contributed by atoms with Crippen molar-refractivity contribution in [3.63, 3.8) is 0 Å². The molecule has 29 heavy (non-hydrogen) atoms. The number of aromatic nitrogens is 2. The van der Waals surface area contributed by atoms with Crippen LogP contribution in [-0.2, 0) is 17.9 Å². The van der Waals surface area contributed by atoms with Crippen LogP contribution in [0.3, 0.4) is 0 Å². The average Bonchev–Trinajstić information content (AvgIpc) is 2.69. The van der Waals surface area contributed by atoms with Crippen molar-refractivity contribution in [1.29, 1.82) is 0 Å². The van der Waals surface area contributed by atoms with E-state index in [-0.39, 0.29) is 30.4 Å². The number of nitrogens with zero attached hydrogens (tertiary/aromatic N) is 4. The summed E-state index contributed by atoms with van der Waals surface area (Å²) in [5.74, 6) is -0.610. The van der Waals surface area contributed by atoms with Gasteiger partial charge < -0.3 is 9.80 Å². The van der Waals surface area contributed by atoms with Crippen LogP contribution < -0.4 is 5.56 Å². The third kappa shape index (κ3) is 4.86. The lowest BCUT2D eigenvalue weighted by Crippen LogP contribution is -2.40. The predicted octanol–water partition coefficient (Wildman–Crippen LogP) is 2.43. The second-order valence-electron chi connectivity index (χ2n) is 7.36. The average molecular weight is 396 g/mol. The van der Waals surface area contributed by atoms with E-state index in [1.165, 1.54) is 17.0 Å². The summed E-state index contributed by atoms with van der Waals surface area (Å²) in [5.41, 5.74) is 1.73. The lowest BCUT2D eigenvalue weighted by molar-refractivity contribution is -0.132. The first kappa shape index (κ1) is 20.7. The number of carbonyl (C=O) groups is 1. The third-order valence-electron chi connectivity index (χ3n) is 4.85. The normalized spacial score (nSPS) is 11.2. The molecule has 0 atom stereocenters. The molecule has 0 radical (unpaired) electrons. The quantitative estimate of drug-likeness (QED) is 0.616. The van der Waals surface area contributed by atoms with Crippen LogP contribution >= 0.6 is 0 Å². The molecular weight excluding hydrogens is 371 g/mol. The Morgan fingerprint density at radius 2 is 1.86 bits per heavy atom. The van der Waals surface area contributed by atoms with Gasteiger partial charge in [0.25, 0.3) is 5.56 Å². The van der Waals surface area contributed by atoms with E-state index in [0.29, 0.717) is 29.6 Å². The molecule has 3 rings (SSSR count). The molecule has 0 aliphatic rings. The topological polar surface area (TPSA) is 58.4 Å². The molecule has 7 heteroatoms. The summed E-state index contributed by atoms with van der Waals surface area (Å²) >= 11 is 0. The van der Waals surface area contributed by atoms with Crippen LogP contribution in [0.15, 0.2) is 53.6 Å². The van der Waals surface area contributed by atoms with Gasteiger partial charge in [-0.15, -0.1) is 0 Å². The van der Waals surface area contributed by atoms with E-state index in [1.54, 1.807) is 35.2 Å². The summed E-state index contributed by atoms with van der Waals surface area (Å²) in [7, 11) is 3.82. The van der Waals surface area contributed by atoms with Gasteiger partial charge in [0.2, 0.25) is 5.91 Å². The largest absolute Gasteiger partial charge is 0.335 e. The van der Waals surface area contributed by atoms with Gasteiger partial charge in [0, 0.05) is 25.2 Å². The van der Waals surface area contributed by atoms with Crippen LogP contribution in [0.2, 0.25) is 0 Å². The van der Waals surface area contributed by atoms with Gasteiger partial charge in [-0.1, -0.05) is 30.3 Å². The molecule has 0 N–H and O–H groups in total. The molecule has 0 saturated carbocycles. The Morgan fingerprint density at radius 1 is 1.10 bits per heavy atom. The number of halogens is 1. The standard InChI is InChI=1S/C22H25FN4O2/c1-16-7-6-9-18-21(16)24-15-27(22(18)29)14-20(28)26(12-11-25(2)3)13-17-8-4-5-10-19(17)23/h4-10,15H,11-14H2,1-3H3. The number of benzene rings is 2. The van der Waals surface area contributed by atoms with Crippen LogP contribution in [0, 0.1) is 12.7 Å². The highest BCUT2D eigenvalue weighted by molar-refractivity contribution is 5.81. The van der Waals surface area contributed by atoms with Crippen molar-refractivity contribution in [3.05, 3.63) is 76.1 Å². The lowest BCUT2D eigenvalue weighted by Gasteiger charge is -2.25. The Hall–Kier alpha value is -3.06. The van der Waals surface area contributed by atoms with Crippen molar-refractivity contribution in [1.82, 2.24) is 19.4 Å². The molecule has 0 unspecified atom stereocenters. The van der Waals surface area contributed by atoms with Crippen LogP contribution in [-0.4, -0.2) is 52.4 Å². The smallest absolute Gasteiger partial charge is 0.261 e. The van der Waals surface area contributed by atoms with E-state index in [9.17, 15) is 14.0 Å². The Balaban J connectivity index is 1.86. The first-order chi connectivity index (χ1) is 13.9. The fourth-order valence-electron chi connectivity index (χ4n) is 3.14. The lowest BCUT2D eigenvalue weighted by atomic mass is 10.1.